The van der Waals surface area contributed by atoms with Gasteiger partial charge in [0.2, 0.25) is 5.91 Å². The molecule has 0 radical (unpaired) electrons. The van der Waals surface area contributed by atoms with Crippen molar-refractivity contribution >= 4 is 5.91 Å². The van der Waals surface area contributed by atoms with Crippen LogP contribution in [0.3, 0.4) is 0 Å². The van der Waals surface area contributed by atoms with Gasteiger partial charge in [0.05, 0.1) is 5.54 Å². The van der Waals surface area contributed by atoms with Gasteiger partial charge in [-0.1, -0.05) is 29.8 Å². The maximum absolute atomic E-state index is 12.4. The van der Waals surface area contributed by atoms with Crippen molar-refractivity contribution in [3.63, 3.8) is 0 Å². The third kappa shape index (κ3) is 3.35. The highest BCUT2D eigenvalue weighted by Gasteiger charge is 2.43. The summed E-state index contributed by atoms with van der Waals surface area (Å²) in [4.78, 5) is 14.4. The van der Waals surface area contributed by atoms with Crippen LogP contribution in [0.1, 0.15) is 49.7 Å². The Morgan fingerprint density at radius 2 is 1.86 bits per heavy atom. The smallest absolute Gasteiger partial charge is 0.242 e. The molecule has 22 heavy (non-hydrogen) atoms. The van der Waals surface area contributed by atoms with Gasteiger partial charge >= 0.3 is 0 Å². The molecule has 2 fully saturated rings. The number of piperidine rings is 1. The van der Waals surface area contributed by atoms with Crippen LogP contribution >= 0.6 is 0 Å². The van der Waals surface area contributed by atoms with Gasteiger partial charge < -0.3 is 10.6 Å². The SMILES string of the molecule is Cc1ccc(CCC2CCN(C(=O)C3(N)CCC3)CC2)cc1. The molecule has 3 rings (SSSR count). The van der Waals surface area contributed by atoms with Gasteiger partial charge in [0.1, 0.15) is 0 Å². The Kier molecular flexibility index (Phi) is 4.53. The lowest BCUT2D eigenvalue weighted by molar-refractivity contribution is -0.141. The average Bonchev–Trinajstić information content (AvgIpc) is 2.52. The summed E-state index contributed by atoms with van der Waals surface area (Å²) in [5, 5.41) is 0. The van der Waals surface area contributed by atoms with Crippen molar-refractivity contribution in [3.05, 3.63) is 35.4 Å². The highest BCUT2D eigenvalue weighted by Crippen LogP contribution is 2.32. The predicted molar refractivity (Wildman–Crippen MR) is 89.6 cm³/mol. The van der Waals surface area contributed by atoms with E-state index < -0.39 is 5.54 Å². The normalized spacial score (nSPS) is 21.5. The Morgan fingerprint density at radius 3 is 2.41 bits per heavy atom. The van der Waals surface area contributed by atoms with Gasteiger partial charge in [-0.25, -0.2) is 0 Å². The highest BCUT2D eigenvalue weighted by molar-refractivity contribution is 5.87. The summed E-state index contributed by atoms with van der Waals surface area (Å²) in [6.45, 7) is 3.93. The summed E-state index contributed by atoms with van der Waals surface area (Å²) in [6.07, 6.45) is 7.51. The average molecular weight is 300 g/mol. The van der Waals surface area contributed by atoms with Gasteiger partial charge in [0.25, 0.3) is 0 Å². The zero-order chi connectivity index (χ0) is 15.6. The lowest BCUT2D eigenvalue weighted by atomic mass is 9.76. The monoisotopic (exact) mass is 300 g/mol. The minimum atomic E-state index is -0.519. The van der Waals surface area contributed by atoms with Crippen molar-refractivity contribution in [3.8, 4) is 0 Å². The fourth-order valence-electron chi connectivity index (χ4n) is 3.64. The molecule has 1 aliphatic heterocycles. The molecule has 1 aliphatic carbocycles. The van der Waals surface area contributed by atoms with Crippen LogP contribution in [0.2, 0.25) is 0 Å². The standard InChI is InChI=1S/C19H28N2O/c1-15-3-5-16(6-4-15)7-8-17-9-13-21(14-10-17)18(22)19(20)11-2-12-19/h3-6,17H,2,7-14,20H2,1H3. The molecule has 1 aromatic rings. The number of benzene rings is 1. The van der Waals surface area contributed by atoms with Crippen molar-refractivity contribution in [1.29, 1.82) is 0 Å². The summed E-state index contributed by atoms with van der Waals surface area (Å²) in [7, 11) is 0. The van der Waals surface area contributed by atoms with Crippen LogP contribution in [-0.2, 0) is 11.2 Å². The van der Waals surface area contributed by atoms with Crippen LogP contribution in [0.4, 0.5) is 0 Å². The molecular formula is C19H28N2O. The van der Waals surface area contributed by atoms with Gasteiger partial charge in [-0.2, -0.15) is 0 Å². The molecular weight excluding hydrogens is 272 g/mol. The molecule has 1 amide bonds. The van der Waals surface area contributed by atoms with E-state index >= 15 is 0 Å². The van der Waals surface area contributed by atoms with E-state index in [0.29, 0.717) is 0 Å². The quantitative estimate of drug-likeness (QED) is 0.929. The lowest BCUT2D eigenvalue weighted by Gasteiger charge is -2.42. The maximum atomic E-state index is 12.4. The van der Waals surface area contributed by atoms with E-state index in [1.807, 2.05) is 4.90 Å². The van der Waals surface area contributed by atoms with E-state index in [2.05, 4.69) is 31.2 Å². The minimum absolute atomic E-state index is 0.204. The Balaban J connectivity index is 1.43. The van der Waals surface area contributed by atoms with Crippen LogP contribution in [0.25, 0.3) is 0 Å². The van der Waals surface area contributed by atoms with Gasteiger partial charge in [-0.05, 0) is 63.4 Å². The van der Waals surface area contributed by atoms with Crippen LogP contribution in [0.5, 0.6) is 0 Å². The number of nitrogens with zero attached hydrogens (tertiary/aromatic N) is 1. The van der Waals surface area contributed by atoms with Crippen molar-refractivity contribution in [2.24, 2.45) is 11.7 Å². The molecule has 3 heteroatoms. The first-order valence-electron chi connectivity index (χ1n) is 8.71. The molecule has 0 aromatic heterocycles. The van der Waals surface area contributed by atoms with Crippen molar-refractivity contribution in [2.75, 3.05) is 13.1 Å². The van der Waals surface area contributed by atoms with E-state index in [0.717, 1.165) is 57.5 Å². The number of carbonyl (C=O) groups is 1. The van der Waals surface area contributed by atoms with Crippen molar-refractivity contribution in [1.82, 2.24) is 4.90 Å². The predicted octanol–water partition coefficient (Wildman–Crippen LogP) is 3.05. The summed E-state index contributed by atoms with van der Waals surface area (Å²) >= 11 is 0. The maximum Gasteiger partial charge on any atom is 0.242 e. The first-order valence-corrected chi connectivity index (χ1v) is 8.71. The molecule has 3 nitrogen and oxygen atoms in total. The van der Waals surface area contributed by atoms with Crippen LogP contribution in [-0.4, -0.2) is 29.4 Å². The number of hydrogen-bond donors (Lipinski definition) is 1. The first kappa shape index (κ1) is 15.5. The van der Waals surface area contributed by atoms with Crippen molar-refractivity contribution in [2.45, 2.75) is 57.4 Å². The Hall–Kier alpha value is -1.35. The lowest BCUT2D eigenvalue weighted by Crippen LogP contribution is -2.60. The molecule has 2 aliphatic rings. The third-order valence-electron chi connectivity index (χ3n) is 5.54. The van der Waals surface area contributed by atoms with E-state index in [9.17, 15) is 4.79 Å². The summed E-state index contributed by atoms with van der Waals surface area (Å²) in [6, 6.07) is 8.86. The molecule has 1 heterocycles. The molecule has 0 unspecified atom stereocenters. The molecule has 2 N–H and O–H groups in total. The molecule has 0 bridgehead atoms. The number of likely N-dealkylation sites (tertiary alicyclic amines) is 1. The van der Waals surface area contributed by atoms with Gasteiger partial charge in [-0.3, -0.25) is 4.79 Å². The molecule has 1 aromatic carbocycles. The molecule has 1 saturated carbocycles. The van der Waals surface area contributed by atoms with E-state index in [1.54, 1.807) is 0 Å². The molecule has 1 saturated heterocycles. The second-order valence-electron chi connectivity index (χ2n) is 7.27. The van der Waals surface area contributed by atoms with Crippen LogP contribution < -0.4 is 5.73 Å². The number of amides is 1. The number of nitrogens with two attached hydrogens (primary N) is 1. The van der Waals surface area contributed by atoms with E-state index in [1.165, 1.54) is 17.5 Å². The number of carbonyl (C=O) groups excluding carboxylic acids is 1. The largest absolute Gasteiger partial charge is 0.341 e. The van der Waals surface area contributed by atoms with Crippen LogP contribution in [0, 0.1) is 12.8 Å². The second kappa shape index (κ2) is 6.41. The summed E-state index contributed by atoms with van der Waals surface area (Å²) < 4.78 is 0. The highest BCUT2D eigenvalue weighted by atomic mass is 16.2. The molecule has 0 atom stereocenters. The third-order valence-corrected chi connectivity index (χ3v) is 5.54. The molecule has 0 spiro atoms. The minimum Gasteiger partial charge on any atom is -0.341 e. The fourth-order valence-corrected chi connectivity index (χ4v) is 3.64. The topological polar surface area (TPSA) is 46.3 Å². The summed E-state index contributed by atoms with van der Waals surface area (Å²) in [5.74, 6) is 0.955. The number of hydrogen-bond acceptors (Lipinski definition) is 2. The Bertz CT molecular complexity index is 511. The molecule has 120 valence electrons. The summed E-state index contributed by atoms with van der Waals surface area (Å²) in [5.41, 5.74) is 8.40. The number of rotatable bonds is 4. The van der Waals surface area contributed by atoms with Crippen LogP contribution in [0.15, 0.2) is 24.3 Å². The van der Waals surface area contributed by atoms with Crippen molar-refractivity contribution < 1.29 is 4.79 Å². The second-order valence-corrected chi connectivity index (χ2v) is 7.27. The van der Waals surface area contributed by atoms with Gasteiger partial charge in [0.15, 0.2) is 0 Å². The van der Waals surface area contributed by atoms with Gasteiger partial charge in [-0.15, -0.1) is 0 Å². The van der Waals surface area contributed by atoms with E-state index in [-0.39, 0.29) is 5.91 Å². The zero-order valence-corrected chi connectivity index (χ0v) is 13.7. The Morgan fingerprint density at radius 1 is 1.23 bits per heavy atom. The number of aryl methyl sites for hydroxylation is 2. The van der Waals surface area contributed by atoms with Gasteiger partial charge in [0, 0.05) is 13.1 Å². The first-order chi connectivity index (χ1) is 10.6. The Labute approximate surface area is 133 Å². The fraction of sp³-hybridized carbons (Fsp3) is 0.632. The van der Waals surface area contributed by atoms with E-state index in [4.69, 9.17) is 5.73 Å². The zero-order valence-electron chi connectivity index (χ0n) is 13.7.